The molecule has 6 heteroatoms. The van der Waals surface area contributed by atoms with Crippen LogP contribution in [0.1, 0.15) is 17.0 Å². The van der Waals surface area contributed by atoms with Gasteiger partial charge in [0.1, 0.15) is 11.5 Å². The van der Waals surface area contributed by atoms with E-state index in [1.54, 1.807) is 18.3 Å². The van der Waals surface area contributed by atoms with Gasteiger partial charge in [0.15, 0.2) is 0 Å². The first-order chi connectivity index (χ1) is 12.0. The lowest BCUT2D eigenvalue weighted by Gasteiger charge is -2.20. The summed E-state index contributed by atoms with van der Waals surface area (Å²) in [6.45, 7) is 3.06. The minimum absolute atomic E-state index is 0.115. The van der Waals surface area contributed by atoms with Crippen LogP contribution in [0.15, 0.2) is 60.9 Å². The molecule has 0 bridgehead atoms. The standard InChI is InChI=1S/C19H20N4O2/c1-15-8-9-17(18(12-15)23(24)25)21(2)14-19-20-10-11-22(19)13-16-6-4-3-5-7-16/h3-12H,13-14H2,1-2H3. The van der Waals surface area contributed by atoms with Crippen LogP contribution in [0, 0.1) is 17.0 Å². The second kappa shape index (κ2) is 7.17. The van der Waals surface area contributed by atoms with E-state index in [0.717, 1.165) is 17.9 Å². The van der Waals surface area contributed by atoms with Crippen LogP contribution in [0.25, 0.3) is 0 Å². The molecule has 0 unspecified atom stereocenters. The third-order valence-corrected chi connectivity index (χ3v) is 4.11. The number of nitro groups is 1. The fourth-order valence-electron chi connectivity index (χ4n) is 2.82. The molecule has 1 heterocycles. The maximum absolute atomic E-state index is 11.3. The fourth-order valence-corrected chi connectivity index (χ4v) is 2.82. The Labute approximate surface area is 146 Å². The number of aromatic nitrogens is 2. The maximum atomic E-state index is 11.3. The molecular weight excluding hydrogens is 316 g/mol. The molecule has 0 aliphatic rings. The summed E-state index contributed by atoms with van der Waals surface area (Å²) in [4.78, 5) is 17.3. The van der Waals surface area contributed by atoms with E-state index in [1.165, 1.54) is 5.56 Å². The minimum Gasteiger partial charge on any atom is -0.362 e. The average molecular weight is 336 g/mol. The second-order valence-corrected chi connectivity index (χ2v) is 6.06. The van der Waals surface area contributed by atoms with Crippen molar-refractivity contribution in [3.8, 4) is 0 Å². The number of hydrogen-bond donors (Lipinski definition) is 0. The zero-order valence-corrected chi connectivity index (χ0v) is 14.3. The molecule has 3 aromatic rings. The van der Waals surface area contributed by atoms with Crippen LogP contribution >= 0.6 is 0 Å². The molecule has 0 atom stereocenters. The number of imidazole rings is 1. The molecule has 0 aliphatic heterocycles. The van der Waals surface area contributed by atoms with Crippen LogP contribution in [0.3, 0.4) is 0 Å². The number of anilines is 1. The van der Waals surface area contributed by atoms with Crippen molar-refractivity contribution in [1.29, 1.82) is 0 Å². The lowest BCUT2D eigenvalue weighted by molar-refractivity contribution is -0.384. The van der Waals surface area contributed by atoms with Crippen molar-refractivity contribution < 1.29 is 4.92 Å². The monoisotopic (exact) mass is 336 g/mol. The van der Waals surface area contributed by atoms with Gasteiger partial charge in [0, 0.05) is 32.1 Å². The summed E-state index contributed by atoms with van der Waals surface area (Å²) in [6.07, 6.45) is 3.69. The van der Waals surface area contributed by atoms with Gasteiger partial charge in [0.2, 0.25) is 0 Å². The predicted molar refractivity (Wildman–Crippen MR) is 97.7 cm³/mol. The van der Waals surface area contributed by atoms with Gasteiger partial charge >= 0.3 is 0 Å². The van der Waals surface area contributed by atoms with Gasteiger partial charge in [-0.2, -0.15) is 0 Å². The van der Waals surface area contributed by atoms with Crippen LogP contribution in [0.5, 0.6) is 0 Å². The van der Waals surface area contributed by atoms with Gasteiger partial charge in [-0.1, -0.05) is 36.4 Å². The number of nitrogens with zero attached hydrogens (tertiary/aromatic N) is 4. The highest BCUT2D eigenvalue weighted by molar-refractivity contribution is 5.63. The van der Waals surface area contributed by atoms with Crippen molar-refractivity contribution >= 4 is 11.4 Å². The van der Waals surface area contributed by atoms with E-state index in [9.17, 15) is 10.1 Å². The third kappa shape index (κ3) is 3.85. The van der Waals surface area contributed by atoms with Crippen LogP contribution in [0.4, 0.5) is 11.4 Å². The second-order valence-electron chi connectivity index (χ2n) is 6.06. The van der Waals surface area contributed by atoms with E-state index >= 15 is 0 Å². The van der Waals surface area contributed by atoms with Crippen molar-refractivity contribution in [3.63, 3.8) is 0 Å². The molecule has 0 N–H and O–H groups in total. The molecule has 2 aromatic carbocycles. The third-order valence-electron chi connectivity index (χ3n) is 4.11. The Balaban J connectivity index is 1.82. The lowest BCUT2D eigenvalue weighted by atomic mass is 10.2. The summed E-state index contributed by atoms with van der Waals surface area (Å²) in [5.74, 6) is 0.862. The molecule has 0 radical (unpaired) electrons. The van der Waals surface area contributed by atoms with Gasteiger partial charge in [-0.15, -0.1) is 0 Å². The largest absolute Gasteiger partial charge is 0.362 e. The van der Waals surface area contributed by atoms with Gasteiger partial charge in [-0.3, -0.25) is 10.1 Å². The zero-order valence-electron chi connectivity index (χ0n) is 14.3. The van der Waals surface area contributed by atoms with Gasteiger partial charge < -0.3 is 9.47 Å². The Kier molecular flexibility index (Phi) is 4.79. The van der Waals surface area contributed by atoms with Gasteiger partial charge in [-0.05, 0) is 24.1 Å². The number of aryl methyl sites for hydroxylation is 1. The van der Waals surface area contributed by atoms with Crippen LogP contribution in [0.2, 0.25) is 0 Å². The van der Waals surface area contributed by atoms with Crippen LogP contribution in [-0.2, 0) is 13.1 Å². The highest BCUT2D eigenvalue weighted by atomic mass is 16.6. The molecule has 6 nitrogen and oxygen atoms in total. The Morgan fingerprint density at radius 2 is 1.96 bits per heavy atom. The lowest BCUT2D eigenvalue weighted by Crippen LogP contribution is -2.21. The first-order valence-corrected chi connectivity index (χ1v) is 8.04. The maximum Gasteiger partial charge on any atom is 0.292 e. The Hall–Kier alpha value is -3.15. The Morgan fingerprint density at radius 1 is 1.20 bits per heavy atom. The zero-order chi connectivity index (χ0) is 17.8. The van der Waals surface area contributed by atoms with Crippen molar-refractivity contribution in [2.24, 2.45) is 0 Å². The van der Waals surface area contributed by atoms with Gasteiger partial charge in [0.25, 0.3) is 5.69 Å². The summed E-state index contributed by atoms with van der Waals surface area (Å²) in [7, 11) is 1.85. The number of hydrogen-bond acceptors (Lipinski definition) is 4. The van der Waals surface area contributed by atoms with E-state index in [0.29, 0.717) is 12.2 Å². The van der Waals surface area contributed by atoms with Crippen molar-refractivity contribution in [3.05, 3.63) is 88.0 Å². The van der Waals surface area contributed by atoms with E-state index in [4.69, 9.17) is 0 Å². The fraction of sp³-hybridized carbons (Fsp3) is 0.211. The summed E-state index contributed by atoms with van der Waals surface area (Å²) in [5.41, 5.74) is 2.76. The SMILES string of the molecule is Cc1ccc(N(C)Cc2nccn2Cc2ccccc2)c([N+](=O)[O-])c1. The molecule has 0 spiro atoms. The van der Waals surface area contributed by atoms with Crippen LogP contribution in [-0.4, -0.2) is 21.5 Å². The van der Waals surface area contributed by atoms with E-state index in [-0.39, 0.29) is 10.6 Å². The van der Waals surface area contributed by atoms with Crippen LogP contribution < -0.4 is 4.90 Å². The van der Waals surface area contributed by atoms with Crippen molar-refractivity contribution in [2.75, 3.05) is 11.9 Å². The van der Waals surface area contributed by atoms with Gasteiger partial charge in [-0.25, -0.2) is 4.98 Å². The predicted octanol–water partition coefficient (Wildman–Crippen LogP) is 3.78. The molecule has 0 saturated carbocycles. The molecule has 0 saturated heterocycles. The summed E-state index contributed by atoms with van der Waals surface area (Å²) < 4.78 is 2.06. The topological polar surface area (TPSA) is 64.2 Å². The number of nitro benzene ring substituents is 1. The summed E-state index contributed by atoms with van der Waals surface area (Å²) >= 11 is 0. The van der Waals surface area contributed by atoms with E-state index in [1.807, 2.05) is 49.3 Å². The smallest absolute Gasteiger partial charge is 0.292 e. The van der Waals surface area contributed by atoms with Gasteiger partial charge in [0.05, 0.1) is 11.5 Å². The summed E-state index contributed by atoms with van der Waals surface area (Å²) in [6, 6.07) is 15.4. The molecular formula is C19H20N4O2. The van der Waals surface area contributed by atoms with E-state index in [2.05, 4.69) is 21.7 Å². The molecule has 3 rings (SSSR count). The quantitative estimate of drug-likeness (QED) is 0.507. The molecule has 25 heavy (non-hydrogen) atoms. The highest BCUT2D eigenvalue weighted by Gasteiger charge is 2.18. The normalized spacial score (nSPS) is 10.6. The minimum atomic E-state index is -0.338. The Morgan fingerprint density at radius 3 is 2.68 bits per heavy atom. The van der Waals surface area contributed by atoms with E-state index < -0.39 is 0 Å². The molecule has 0 fully saturated rings. The average Bonchev–Trinajstić information content (AvgIpc) is 3.02. The number of rotatable bonds is 6. The highest BCUT2D eigenvalue weighted by Crippen LogP contribution is 2.29. The number of benzene rings is 2. The molecule has 128 valence electrons. The van der Waals surface area contributed by atoms with Crippen molar-refractivity contribution in [1.82, 2.24) is 9.55 Å². The molecule has 1 aromatic heterocycles. The molecule has 0 aliphatic carbocycles. The van der Waals surface area contributed by atoms with Crippen molar-refractivity contribution in [2.45, 2.75) is 20.0 Å². The molecule has 0 amide bonds. The summed E-state index contributed by atoms with van der Waals surface area (Å²) in [5, 5.41) is 11.3. The first-order valence-electron chi connectivity index (χ1n) is 8.04. The Bertz CT molecular complexity index is 874. The first kappa shape index (κ1) is 16.7.